The monoisotopic (exact) mass is 398 g/mol. The van der Waals surface area contributed by atoms with E-state index in [1.807, 2.05) is 42.5 Å². The summed E-state index contributed by atoms with van der Waals surface area (Å²) < 4.78 is 6.17. The van der Waals surface area contributed by atoms with Crippen molar-refractivity contribution in [2.24, 2.45) is 0 Å². The van der Waals surface area contributed by atoms with Gasteiger partial charge in [-0.3, -0.25) is 0 Å². The summed E-state index contributed by atoms with van der Waals surface area (Å²) >= 11 is 0. The lowest BCUT2D eigenvalue weighted by molar-refractivity contribution is 0.160. The van der Waals surface area contributed by atoms with Crippen molar-refractivity contribution in [3.63, 3.8) is 0 Å². The Hall–Kier alpha value is -3.51. The van der Waals surface area contributed by atoms with E-state index in [0.717, 1.165) is 46.6 Å². The third kappa shape index (κ3) is 3.69. The number of anilines is 1. The predicted octanol–water partition coefficient (Wildman–Crippen LogP) is 3.49. The summed E-state index contributed by atoms with van der Waals surface area (Å²) in [6.07, 6.45) is 4.02. The zero-order valence-corrected chi connectivity index (χ0v) is 16.5. The highest BCUT2D eigenvalue weighted by atomic mass is 16.5. The lowest BCUT2D eigenvalue weighted by atomic mass is 10.1. The second-order valence-corrected chi connectivity index (χ2v) is 7.39. The molecule has 4 aromatic rings. The molecule has 6 nitrogen and oxygen atoms in total. The Balaban J connectivity index is 1.28. The van der Waals surface area contributed by atoms with Crippen LogP contribution in [0.2, 0.25) is 0 Å². The van der Waals surface area contributed by atoms with E-state index in [4.69, 9.17) is 14.8 Å². The molecular formula is C24H22N4O2. The molecule has 0 atom stereocenters. The second-order valence-electron chi connectivity index (χ2n) is 7.39. The van der Waals surface area contributed by atoms with Gasteiger partial charge < -0.3 is 14.7 Å². The molecule has 1 aliphatic rings. The Morgan fingerprint density at radius 2 is 1.73 bits per heavy atom. The SMILES string of the molecule is OCCc1ccc(-c2nccnc2OC2CN(c3ccc4ccccc4n3)C2)cc1. The molecule has 3 heterocycles. The van der Waals surface area contributed by atoms with Crippen molar-refractivity contribution in [1.29, 1.82) is 0 Å². The molecule has 2 aromatic carbocycles. The number of aliphatic hydroxyl groups excluding tert-OH is 1. The maximum absolute atomic E-state index is 9.09. The van der Waals surface area contributed by atoms with Crippen LogP contribution in [0.3, 0.4) is 0 Å². The van der Waals surface area contributed by atoms with Gasteiger partial charge in [-0.2, -0.15) is 0 Å². The predicted molar refractivity (Wildman–Crippen MR) is 117 cm³/mol. The highest BCUT2D eigenvalue weighted by molar-refractivity contribution is 5.80. The normalized spacial score (nSPS) is 14.0. The maximum atomic E-state index is 9.09. The van der Waals surface area contributed by atoms with Crippen molar-refractivity contribution < 1.29 is 9.84 Å². The smallest absolute Gasteiger partial charge is 0.240 e. The minimum absolute atomic E-state index is 0.0439. The average Bonchev–Trinajstić information content (AvgIpc) is 2.77. The minimum Gasteiger partial charge on any atom is -0.469 e. The first kappa shape index (κ1) is 18.5. The minimum atomic E-state index is 0.0439. The van der Waals surface area contributed by atoms with Gasteiger partial charge in [0.1, 0.15) is 17.6 Å². The van der Waals surface area contributed by atoms with E-state index in [2.05, 4.69) is 33.1 Å². The van der Waals surface area contributed by atoms with Gasteiger partial charge in [0, 0.05) is 30.0 Å². The van der Waals surface area contributed by atoms with Gasteiger partial charge in [-0.15, -0.1) is 0 Å². The molecule has 0 bridgehead atoms. The van der Waals surface area contributed by atoms with E-state index >= 15 is 0 Å². The molecule has 0 spiro atoms. The van der Waals surface area contributed by atoms with Crippen molar-refractivity contribution in [1.82, 2.24) is 15.0 Å². The van der Waals surface area contributed by atoms with E-state index in [1.165, 1.54) is 0 Å². The summed E-state index contributed by atoms with van der Waals surface area (Å²) in [5.74, 6) is 1.51. The lowest BCUT2D eigenvalue weighted by Crippen LogP contribution is -2.54. The number of hydrogen-bond acceptors (Lipinski definition) is 6. The van der Waals surface area contributed by atoms with Gasteiger partial charge >= 0.3 is 0 Å². The first-order valence-electron chi connectivity index (χ1n) is 10.1. The summed E-state index contributed by atoms with van der Waals surface area (Å²) in [6.45, 7) is 1.66. The standard InChI is InChI=1S/C24H22N4O2/c29-14-11-17-5-7-19(8-6-17)23-24(26-13-12-25-23)30-20-15-28(16-20)22-10-9-18-3-1-2-4-21(18)27-22/h1-10,12-13,20,29H,11,14-16H2. The summed E-state index contributed by atoms with van der Waals surface area (Å²) in [5.41, 5.74) is 3.77. The molecule has 150 valence electrons. The Morgan fingerprint density at radius 1 is 0.933 bits per heavy atom. The lowest BCUT2D eigenvalue weighted by Gasteiger charge is -2.39. The number of hydrogen-bond donors (Lipinski definition) is 1. The Labute approximate surface area is 174 Å². The van der Waals surface area contributed by atoms with Crippen LogP contribution < -0.4 is 9.64 Å². The van der Waals surface area contributed by atoms with Crippen LogP contribution in [-0.4, -0.2) is 45.9 Å². The van der Waals surface area contributed by atoms with E-state index in [1.54, 1.807) is 12.4 Å². The molecule has 0 amide bonds. The van der Waals surface area contributed by atoms with Crippen LogP contribution >= 0.6 is 0 Å². The molecule has 1 aliphatic heterocycles. The molecule has 5 rings (SSSR count). The van der Waals surface area contributed by atoms with Gasteiger partial charge in [0.15, 0.2) is 0 Å². The number of aliphatic hydroxyl groups is 1. The van der Waals surface area contributed by atoms with Gasteiger partial charge in [-0.1, -0.05) is 42.5 Å². The summed E-state index contributed by atoms with van der Waals surface area (Å²) in [7, 11) is 0. The Kier molecular flexibility index (Phi) is 4.99. The van der Waals surface area contributed by atoms with Crippen LogP contribution in [0.15, 0.2) is 73.1 Å². The second kappa shape index (κ2) is 8.08. The highest BCUT2D eigenvalue weighted by Gasteiger charge is 2.30. The van der Waals surface area contributed by atoms with Gasteiger partial charge in [0.2, 0.25) is 5.88 Å². The third-order valence-corrected chi connectivity index (χ3v) is 5.33. The molecule has 30 heavy (non-hydrogen) atoms. The Morgan fingerprint density at radius 3 is 2.57 bits per heavy atom. The summed E-state index contributed by atoms with van der Waals surface area (Å²) in [6, 6.07) is 20.3. The van der Waals surface area contributed by atoms with Crippen LogP contribution in [0.25, 0.3) is 22.2 Å². The fourth-order valence-electron chi connectivity index (χ4n) is 3.66. The fraction of sp³-hybridized carbons (Fsp3) is 0.208. The van der Waals surface area contributed by atoms with E-state index in [0.29, 0.717) is 12.3 Å². The molecule has 0 saturated carbocycles. The molecule has 0 unspecified atom stereocenters. The number of benzene rings is 2. The fourth-order valence-corrected chi connectivity index (χ4v) is 3.66. The average molecular weight is 398 g/mol. The molecule has 1 fully saturated rings. The van der Waals surface area contributed by atoms with E-state index < -0.39 is 0 Å². The number of nitrogens with zero attached hydrogens (tertiary/aromatic N) is 4. The van der Waals surface area contributed by atoms with Crippen molar-refractivity contribution in [3.8, 4) is 17.1 Å². The number of para-hydroxylation sites is 1. The first-order chi connectivity index (χ1) is 14.8. The number of fused-ring (bicyclic) bond motifs is 1. The van der Waals surface area contributed by atoms with Crippen molar-refractivity contribution in [2.75, 3.05) is 24.6 Å². The number of rotatable bonds is 6. The van der Waals surface area contributed by atoms with E-state index in [9.17, 15) is 0 Å². The van der Waals surface area contributed by atoms with Gasteiger partial charge in [-0.05, 0) is 30.2 Å². The third-order valence-electron chi connectivity index (χ3n) is 5.33. The largest absolute Gasteiger partial charge is 0.469 e. The zero-order chi connectivity index (χ0) is 20.3. The Bertz CT molecular complexity index is 1160. The van der Waals surface area contributed by atoms with E-state index in [-0.39, 0.29) is 12.7 Å². The first-order valence-corrected chi connectivity index (χ1v) is 10.1. The van der Waals surface area contributed by atoms with Crippen molar-refractivity contribution in [2.45, 2.75) is 12.5 Å². The number of ether oxygens (including phenoxy) is 1. The topological polar surface area (TPSA) is 71.4 Å². The molecule has 0 aliphatic carbocycles. The molecular weight excluding hydrogens is 376 g/mol. The van der Waals surface area contributed by atoms with Crippen LogP contribution in [0.5, 0.6) is 5.88 Å². The molecule has 6 heteroatoms. The maximum Gasteiger partial charge on any atom is 0.240 e. The van der Waals surface area contributed by atoms with Crippen LogP contribution in [-0.2, 0) is 6.42 Å². The molecule has 1 N–H and O–H groups in total. The van der Waals surface area contributed by atoms with Gasteiger partial charge in [0.05, 0.1) is 18.6 Å². The highest BCUT2D eigenvalue weighted by Crippen LogP contribution is 2.29. The molecule has 2 aromatic heterocycles. The molecule has 1 saturated heterocycles. The summed E-state index contributed by atoms with van der Waals surface area (Å²) in [5, 5.41) is 10.2. The number of aromatic nitrogens is 3. The van der Waals surface area contributed by atoms with Gasteiger partial charge in [0.25, 0.3) is 0 Å². The zero-order valence-electron chi connectivity index (χ0n) is 16.5. The summed E-state index contributed by atoms with van der Waals surface area (Å²) in [4.78, 5) is 15.9. The van der Waals surface area contributed by atoms with Crippen LogP contribution in [0.4, 0.5) is 5.82 Å². The van der Waals surface area contributed by atoms with Crippen molar-refractivity contribution >= 4 is 16.7 Å². The van der Waals surface area contributed by atoms with Gasteiger partial charge in [-0.25, -0.2) is 15.0 Å². The van der Waals surface area contributed by atoms with Crippen LogP contribution in [0.1, 0.15) is 5.56 Å². The molecule has 0 radical (unpaired) electrons. The van der Waals surface area contributed by atoms with Crippen LogP contribution in [0, 0.1) is 0 Å². The van der Waals surface area contributed by atoms with Crippen molar-refractivity contribution in [3.05, 3.63) is 78.6 Å². The quantitative estimate of drug-likeness (QED) is 0.536. The number of pyridine rings is 1.